The van der Waals surface area contributed by atoms with E-state index in [1.807, 2.05) is 46.9 Å². The van der Waals surface area contributed by atoms with Crippen LogP contribution in [0, 0.1) is 6.92 Å². The number of hydrogen-bond acceptors (Lipinski definition) is 3. The largest absolute Gasteiger partial charge is 0.316 e. The van der Waals surface area contributed by atoms with Gasteiger partial charge in [0.25, 0.3) is 0 Å². The molecule has 0 unspecified atom stereocenters. The van der Waals surface area contributed by atoms with Crippen molar-refractivity contribution in [3.63, 3.8) is 0 Å². The Balaban J connectivity index is 3.28. The van der Waals surface area contributed by atoms with Crippen molar-refractivity contribution < 1.29 is 8.42 Å². The second-order valence-corrected chi connectivity index (χ2v) is 7.20. The minimum absolute atomic E-state index is 0.0349. The zero-order chi connectivity index (χ0) is 15.3. The highest BCUT2D eigenvalue weighted by atomic mass is 32.2. The minimum atomic E-state index is -3.43. The van der Waals surface area contributed by atoms with Gasteiger partial charge in [-0.05, 0) is 51.4 Å². The average molecular weight is 298 g/mol. The SMILES string of the molecule is CCCN(C(C)C)S(=O)(=O)c1cc(CNC)ccc1C. The number of sulfonamides is 1. The van der Waals surface area contributed by atoms with Crippen LogP contribution in [0.5, 0.6) is 0 Å². The Labute approximate surface area is 123 Å². The zero-order valence-corrected chi connectivity index (χ0v) is 13.9. The minimum Gasteiger partial charge on any atom is -0.316 e. The fourth-order valence-electron chi connectivity index (χ4n) is 2.24. The fraction of sp³-hybridized carbons (Fsp3) is 0.600. The lowest BCUT2D eigenvalue weighted by atomic mass is 10.1. The molecule has 1 N–H and O–H groups in total. The number of rotatable bonds is 7. The van der Waals surface area contributed by atoms with Gasteiger partial charge in [-0.15, -0.1) is 0 Å². The summed E-state index contributed by atoms with van der Waals surface area (Å²) < 4.78 is 27.3. The Kier molecular flexibility index (Phi) is 6.17. The van der Waals surface area contributed by atoms with Crippen molar-refractivity contribution in [2.45, 2.75) is 51.6 Å². The van der Waals surface area contributed by atoms with E-state index in [9.17, 15) is 8.42 Å². The molecule has 0 saturated heterocycles. The van der Waals surface area contributed by atoms with Gasteiger partial charge in [-0.25, -0.2) is 8.42 Å². The van der Waals surface area contributed by atoms with E-state index in [1.54, 1.807) is 10.4 Å². The molecule has 0 atom stereocenters. The maximum atomic E-state index is 12.8. The molecule has 1 rings (SSSR count). The third kappa shape index (κ3) is 3.81. The van der Waals surface area contributed by atoms with Crippen molar-refractivity contribution >= 4 is 10.0 Å². The molecule has 0 fully saturated rings. The summed E-state index contributed by atoms with van der Waals surface area (Å²) in [6.45, 7) is 8.89. The highest BCUT2D eigenvalue weighted by molar-refractivity contribution is 7.89. The third-order valence-corrected chi connectivity index (χ3v) is 5.46. The Hall–Kier alpha value is -0.910. The second kappa shape index (κ2) is 7.20. The summed E-state index contributed by atoms with van der Waals surface area (Å²) in [5.74, 6) is 0. The number of hydrogen-bond donors (Lipinski definition) is 1. The van der Waals surface area contributed by atoms with Gasteiger partial charge in [0.1, 0.15) is 0 Å². The second-order valence-electron chi connectivity index (χ2n) is 5.34. The molecule has 5 heteroatoms. The lowest BCUT2D eigenvalue weighted by molar-refractivity contribution is 0.354. The lowest BCUT2D eigenvalue weighted by Crippen LogP contribution is -2.37. The van der Waals surface area contributed by atoms with Gasteiger partial charge in [0.05, 0.1) is 4.90 Å². The summed E-state index contributed by atoms with van der Waals surface area (Å²) >= 11 is 0. The topological polar surface area (TPSA) is 49.4 Å². The summed E-state index contributed by atoms with van der Waals surface area (Å²) in [6.07, 6.45) is 0.812. The first-order valence-corrected chi connectivity index (χ1v) is 8.54. The molecule has 114 valence electrons. The summed E-state index contributed by atoms with van der Waals surface area (Å²) in [5.41, 5.74) is 1.78. The van der Waals surface area contributed by atoms with Gasteiger partial charge in [-0.3, -0.25) is 0 Å². The molecule has 0 aromatic heterocycles. The standard InChI is InChI=1S/C15H26N2O2S/c1-6-9-17(12(2)3)20(18,19)15-10-14(11-16-5)8-7-13(15)4/h7-8,10,12,16H,6,9,11H2,1-5H3. The maximum absolute atomic E-state index is 12.8. The van der Waals surface area contributed by atoms with Crippen LogP contribution in [0.3, 0.4) is 0 Å². The molecule has 0 amide bonds. The van der Waals surface area contributed by atoms with Crippen LogP contribution in [0.25, 0.3) is 0 Å². The van der Waals surface area contributed by atoms with E-state index in [-0.39, 0.29) is 6.04 Å². The van der Waals surface area contributed by atoms with Crippen molar-refractivity contribution in [2.75, 3.05) is 13.6 Å². The lowest BCUT2D eigenvalue weighted by Gasteiger charge is -2.26. The van der Waals surface area contributed by atoms with Gasteiger partial charge < -0.3 is 5.32 Å². The molecule has 0 aliphatic heterocycles. The first-order chi connectivity index (χ1) is 9.34. The van der Waals surface area contributed by atoms with Gasteiger partial charge in [0.15, 0.2) is 0 Å². The van der Waals surface area contributed by atoms with E-state index >= 15 is 0 Å². The molecule has 1 aromatic rings. The van der Waals surface area contributed by atoms with Crippen molar-refractivity contribution in [3.8, 4) is 0 Å². The molecular weight excluding hydrogens is 272 g/mol. The van der Waals surface area contributed by atoms with Crippen molar-refractivity contribution in [1.82, 2.24) is 9.62 Å². The molecule has 0 bridgehead atoms. The maximum Gasteiger partial charge on any atom is 0.243 e. The number of nitrogens with zero attached hydrogens (tertiary/aromatic N) is 1. The van der Waals surface area contributed by atoms with Crippen LogP contribution in [0.4, 0.5) is 0 Å². The van der Waals surface area contributed by atoms with Crippen molar-refractivity contribution in [3.05, 3.63) is 29.3 Å². The summed E-state index contributed by atoms with van der Waals surface area (Å²) in [4.78, 5) is 0.424. The number of aryl methyl sites for hydroxylation is 1. The number of nitrogens with one attached hydrogen (secondary N) is 1. The third-order valence-electron chi connectivity index (χ3n) is 3.24. The van der Waals surface area contributed by atoms with Crippen LogP contribution in [0.1, 0.15) is 38.3 Å². The van der Waals surface area contributed by atoms with Crippen LogP contribution in [0.15, 0.2) is 23.1 Å². The van der Waals surface area contributed by atoms with E-state index in [1.165, 1.54) is 0 Å². The number of benzene rings is 1. The molecule has 0 aliphatic rings. The van der Waals surface area contributed by atoms with Crippen LogP contribution < -0.4 is 5.32 Å². The van der Waals surface area contributed by atoms with Crippen LogP contribution >= 0.6 is 0 Å². The molecule has 0 aliphatic carbocycles. The van der Waals surface area contributed by atoms with E-state index in [0.717, 1.165) is 17.5 Å². The van der Waals surface area contributed by atoms with E-state index < -0.39 is 10.0 Å². The van der Waals surface area contributed by atoms with Gasteiger partial charge in [-0.2, -0.15) is 4.31 Å². The predicted molar refractivity (Wildman–Crippen MR) is 83.3 cm³/mol. The summed E-state index contributed by atoms with van der Waals surface area (Å²) in [7, 11) is -1.58. The van der Waals surface area contributed by atoms with Gasteiger partial charge in [0.2, 0.25) is 10.0 Å². The predicted octanol–water partition coefficient (Wildman–Crippen LogP) is 2.52. The fourth-order valence-corrected chi connectivity index (χ4v) is 4.25. The molecule has 1 aromatic carbocycles. The molecule has 4 nitrogen and oxygen atoms in total. The molecule has 0 saturated carbocycles. The van der Waals surface area contributed by atoms with Crippen LogP contribution in [0.2, 0.25) is 0 Å². The van der Waals surface area contributed by atoms with E-state index in [0.29, 0.717) is 18.0 Å². The molecule has 0 radical (unpaired) electrons. The Morgan fingerprint density at radius 3 is 2.45 bits per heavy atom. The van der Waals surface area contributed by atoms with Gasteiger partial charge in [-0.1, -0.05) is 19.1 Å². The van der Waals surface area contributed by atoms with Crippen molar-refractivity contribution in [1.29, 1.82) is 0 Å². The van der Waals surface area contributed by atoms with E-state index in [4.69, 9.17) is 0 Å². The highest BCUT2D eigenvalue weighted by Gasteiger charge is 2.27. The Bertz CT molecular complexity index is 539. The molecule has 20 heavy (non-hydrogen) atoms. The van der Waals surface area contributed by atoms with E-state index in [2.05, 4.69) is 5.32 Å². The van der Waals surface area contributed by atoms with Gasteiger partial charge in [0, 0.05) is 19.1 Å². The summed E-state index contributed by atoms with van der Waals surface area (Å²) in [6, 6.07) is 5.59. The molecule has 0 heterocycles. The zero-order valence-electron chi connectivity index (χ0n) is 13.1. The quantitative estimate of drug-likeness (QED) is 0.841. The van der Waals surface area contributed by atoms with Gasteiger partial charge >= 0.3 is 0 Å². The smallest absolute Gasteiger partial charge is 0.243 e. The first-order valence-electron chi connectivity index (χ1n) is 7.10. The monoisotopic (exact) mass is 298 g/mol. The average Bonchev–Trinajstić information content (AvgIpc) is 2.37. The van der Waals surface area contributed by atoms with Crippen LogP contribution in [-0.4, -0.2) is 32.4 Å². The normalized spacial score (nSPS) is 12.3. The highest BCUT2D eigenvalue weighted by Crippen LogP contribution is 2.23. The molecule has 0 spiro atoms. The first kappa shape index (κ1) is 17.1. The summed E-state index contributed by atoms with van der Waals surface area (Å²) in [5, 5.41) is 3.05. The Morgan fingerprint density at radius 2 is 1.95 bits per heavy atom. The molecular formula is C15H26N2O2S. The van der Waals surface area contributed by atoms with Crippen molar-refractivity contribution in [2.24, 2.45) is 0 Å². The Morgan fingerprint density at radius 1 is 1.30 bits per heavy atom. The van der Waals surface area contributed by atoms with Crippen LogP contribution in [-0.2, 0) is 16.6 Å².